The second-order valence-electron chi connectivity index (χ2n) is 1.27. The molecule has 3 heteroatoms. The van der Waals surface area contributed by atoms with E-state index in [9.17, 15) is 0 Å². The van der Waals surface area contributed by atoms with E-state index in [4.69, 9.17) is 9.90 Å². The van der Waals surface area contributed by atoms with Crippen molar-refractivity contribution >= 4 is 28.5 Å². The molecular weight excluding hydrogens is 211 g/mol. The molecule has 0 aromatic heterocycles. The molecule has 0 atom stereocenters. The van der Waals surface area contributed by atoms with Gasteiger partial charge < -0.3 is 5.11 Å². The monoisotopic (exact) mass is 223 g/mol. The number of aliphatic carboxylic acids is 1. The molecule has 2 nitrogen and oxygen atoms in total. The van der Waals surface area contributed by atoms with Crippen LogP contribution in [0.3, 0.4) is 0 Å². The molecule has 47 valence electrons. The number of hydrogen-bond acceptors (Lipinski definition) is 1. The van der Waals surface area contributed by atoms with Crippen LogP contribution >= 0.6 is 0 Å². The van der Waals surface area contributed by atoms with Crippen LogP contribution < -0.4 is 0 Å². The molecule has 0 bridgehead atoms. The Labute approximate surface area is 63.4 Å². The van der Waals surface area contributed by atoms with Gasteiger partial charge in [0.15, 0.2) is 0 Å². The fraction of sp³-hybridized carbons (Fsp3) is 0.800. The number of rotatable bonds is 1. The van der Waals surface area contributed by atoms with E-state index >= 15 is 0 Å². The molecular formula is C5H11O2Sn. The second kappa shape index (κ2) is 10.3. The van der Waals surface area contributed by atoms with Gasteiger partial charge >= 0.3 is 40.3 Å². The molecule has 0 aliphatic rings. The van der Waals surface area contributed by atoms with Gasteiger partial charge in [0.1, 0.15) is 0 Å². The SMILES string of the molecule is CC(=O)O.CC[CH2][Sn]. The maximum atomic E-state index is 9.00. The third-order valence-corrected chi connectivity index (χ3v) is 1.68. The van der Waals surface area contributed by atoms with Gasteiger partial charge in [-0.1, -0.05) is 0 Å². The summed E-state index contributed by atoms with van der Waals surface area (Å²) < 4.78 is 1.41. The molecule has 8 heavy (non-hydrogen) atoms. The van der Waals surface area contributed by atoms with Gasteiger partial charge in [-0.3, -0.25) is 4.79 Å². The van der Waals surface area contributed by atoms with Crippen molar-refractivity contribution in [3.8, 4) is 0 Å². The molecule has 3 radical (unpaired) electrons. The molecule has 0 unspecified atom stereocenters. The van der Waals surface area contributed by atoms with Crippen molar-refractivity contribution in [2.75, 3.05) is 0 Å². The van der Waals surface area contributed by atoms with Gasteiger partial charge in [0.05, 0.1) is 0 Å². The van der Waals surface area contributed by atoms with Crippen molar-refractivity contribution < 1.29 is 9.90 Å². The Morgan fingerprint density at radius 1 is 1.75 bits per heavy atom. The van der Waals surface area contributed by atoms with E-state index in [1.165, 1.54) is 10.9 Å². The molecule has 0 aliphatic heterocycles. The Bertz CT molecular complexity index is 48.4. The number of carboxylic acids is 1. The molecule has 0 aromatic carbocycles. The van der Waals surface area contributed by atoms with Crippen LogP contribution in [0.5, 0.6) is 0 Å². The molecule has 1 N–H and O–H groups in total. The molecule has 0 aromatic rings. The van der Waals surface area contributed by atoms with E-state index in [2.05, 4.69) is 6.92 Å². The van der Waals surface area contributed by atoms with Crippen LogP contribution in [0.2, 0.25) is 4.44 Å². The van der Waals surface area contributed by atoms with Crippen molar-refractivity contribution in [2.45, 2.75) is 24.7 Å². The summed E-state index contributed by atoms with van der Waals surface area (Å²) in [6.45, 7) is 3.29. The van der Waals surface area contributed by atoms with Crippen LogP contribution in [0.1, 0.15) is 20.3 Å². The first kappa shape index (κ1) is 11.1. The quantitative estimate of drug-likeness (QED) is 0.673. The fourth-order valence-electron chi connectivity index (χ4n) is 0. The van der Waals surface area contributed by atoms with E-state index in [-0.39, 0.29) is 0 Å². The van der Waals surface area contributed by atoms with E-state index in [0.717, 1.165) is 6.92 Å². The Morgan fingerprint density at radius 3 is 1.88 bits per heavy atom. The van der Waals surface area contributed by atoms with E-state index < -0.39 is 5.97 Å². The van der Waals surface area contributed by atoms with Crippen LogP contribution in [0, 0.1) is 0 Å². The van der Waals surface area contributed by atoms with E-state index in [1.54, 1.807) is 22.5 Å². The zero-order valence-electron chi connectivity index (χ0n) is 5.27. The predicted molar refractivity (Wildman–Crippen MR) is 34.2 cm³/mol. The van der Waals surface area contributed by atoms with Crippen molar-refractivity contribution in [3.63, 3.8) is 0 Å². The molecule has 0 amide bonds. The summed E-state index contributed by atoms with van der Waals surface area (Å²) in [6, 6.07) is 0. The number of carbonyl (C=O) groups is 1. The Hall–Kier alpha value is 0.269. The molecule has 0 heterocycles. The minimum absolute atomic E-state index is 0.833. The third-order valence-electron chi connectivity index (χ3n) is 0.250. The van der Waals surface area contributed by atoms with Crippen LogP contribution in [0.25, 0.3) is 0 Å². The van der Waals surface area contributed by atoms with Gasteiger partial charge in [-0.05, 0) is 0 Å². The van der Waals surface area contributed by atoms with Crippen LogP contribution in [-0.4, -0.2) is 33.6 Å². The summed E-state index contributed by atoms with van der Waals surface area (Å²) >= 11 is 1.67. The molecule has 0 spiro atoms. The first-order chi connectivity index (χ1) is 3.65. The summed E-state index contributed by atoms with van der Waals surface area (Å²) in [4.78, 5) is 9.00. The summed E-state index contributed by atoms with van der Waals surface area (Å²) in [7, 11) is 0. The fourth-order valence-corrected chi connectivity index (χ4v) is 0. The van der Waals surface area contributed by atoms with E-state index in [1.807, 2.05) is 0 Å². The van der Waals surface area contributed by atoms with E-state index in [0.29, 0.717) is 0 Å². The summed E-state index contributed by atoms with van der Waals surface area (Å²) in [5.41, 5.74) is 0. The van der Waals surface area contributed by atoms with Crippen LogP contribution in [0.4, 0.5) is 0 Å². The van der Waals surface area contributed by atoms with Gasteiger partial charge in [-0.15, -0.1) is 0 Å². The van der Waals surface area contributed by atoms with Crippen LogP contribution in [-0.2, 0) is 4.79 Å². The van der Waals surface area contributed by atoms with Gasteiger partial charge in [0.2, 0.25) is 0 Å². The van der Waals surface area contributed by atoms with Crippen molar-refractivity contribution in [2.24, 2.45) is 0 Å². The molecule has 0 saturated heterocycles. The molecule has 0 saturated carbocycles. The molecule has 0 rings (SSSR count). The normalized spacial score (nSPS) is 6.88. The Balaban J connectivity index is 0. The summed E-state index contributed by atoms with van der Waals surface area (Å²) in [5, 5.41) is 7.42. The third kappa shape index (κ3) is 108. The zero-order chi connectivity index (χ0) is 6.99. The Morgan fingerprint density at radius 2 is 1.88 bits per heavy atom. The summed E-state index contributed by atoms with van der Waals surface area (Å²) in [5.74, 6) is -0.833. The summed E-state index contributed by atoms with van der Waals surface area (Å²) in [6.07, 6.45) is 1.36. The predicted octanol–water partition coefficient (Wildman–Crippen LogP) is 1.07. The number of carboxylic acid groups (broad SMARTS) is 1. The van der Waals surface area contributed by atoms with Crippen molar-refractivity contribution in [1.82, 2.24) is 0 Å². The topological polar surface area (TPSA) is 37.3 Å². The zero-order valence-corrected chi connectivity index (χ0v) is 8.12. The minimum atomic E-state index is -0.833. The molecule has 0 aliphatic carbocycles. The maximum absolute atomic E-state index is 9.00. The van der Waals surface area contributed by atoms with Gasteiger partial charge in [-0.25, -0.2) is 0 Å². The van der Waals surface area contributed by atoms with Gasteiger partial charge in [-0.2, -0.15) is 0 Å². The average molecular weight is 222 g/mol. The molecule has 0 fully saturated rings. The standard InChI is InChI=1S/C3H7.C2H4O2.Sn/c1-3-2;1-2(3)4;/h1,3H2,2H3;1H3,(H,3,4);. The second-order valence-corrected chi connectivity index (χ2v) is 2.70. The van der Waals surface area contributed by atoms with Crippen molar-refractivity contribution in [3.05, 3.63) is 0 Å². The van der Waals surface area contributed by atoms with Gasteiger partial charge in [0.25, 0.3) is 5.97 Å². The Kier molecular flexibility index (Phi) is 14.3. The number of hydrogen-bond donors (Lipinski definition) is 1. The van der Waals surface area contributed by atoms with Crippen molar-refractivity contribution in [1.29, 1.82) is 0 Å². The first-order valence-corrected chi connectivity index (χ1v) is 4.51. The van der Waals surface area contributed by atoms with Gasteiger partial charge in [0, 0.05) is 6.92 Å². The van der Waals surface area contributed by atoms with Crippen LogP contribution in [0.15, 0.2) is 0 Å². The average Bonchev–Trinajstić information content (AvgIpc) is 1.65. The first-order valence-electron chi connectivity index (χ1n) is 2.49.